The highest BCUT2D eigenvalue weighted by Crippen LogP contribution is 2.20. The van der Waals surface area contributed by atoms with Crippen molar-refractivity contribution < 1.29 is 9.53 Å². The highest BCUT2D eigenvalue weighted by molar-refractivity contribution is 7.98. The summed E-state index contributed by atoms with van der Waals surface area (Å²) in [5, 5.41) is 6.57. The fraction of sp³-hybridized carbons (Fsp3) is 0.462. The van der Waals surface area contributed by atoms with Crippen molar-refractivity contribution in [3.8, 4) is 0 Å². The largest absolute Gasteiger partial charge is 0.468 e. The van der Waals surface area contributed by atoms with Gasteiger partial charge in [-0.25, -0.2) is 4.79 Å². The van der Waals surface area contributed by atoms with Gasteiger partial charge < -0.3 is 10.1 Å². The number of carbonyl (C=O) groups is 1. The number of hydrogen-bond acceptors (Lipinski definition) is 5. The molecule has 0 aliphatic heterocycles. The second kappa shape index (κ2) is 9.25. The van der Waals surface area contributed by atoms with Crippen LogP contribution in [0.5, 0.6) is 0 Å². The topological polar surface area (TPSA) is 87.1 Å². The van der Waals surface area contributed by atoms with Crippen molar-refractivity contribution >= 4 is 17.7 Å². The summed E-state index contributed by atoms with van der Waals surface area (Å²) in [6, 6.07) is 7.26. The van der Waals surface area contributed by atoms with Gasteiger partial charge in [0.25, 0.3) is 0 Å². The SMILES string of the molecule is COC(=O)C(NCCCN=[N+]=[N-])c1ccc(SC)cc1. The lowest BCUT2D eigenvalue weighted by atomic mass is 10.1. The number of thioether (sulfide) groups is 1. The van der Waals surface area contributed by atoms with Crippen LogP contribution < -0.4 is 5.32 Å². The molecule has 1 atom stereocenters. The molecule has 1 aromatic carbocycles. The first-order chi connectivity index (χ1) is 9.72. The summed E-state index contributed by atoms with van der Waals surface area (Å²) >= 11 is 1.65. The van der Waals surface area contributed by atoms with Crippen LogP contribution in [0.4, 0.5) is 0 Å². The molecule has 6 nitrogen and oxygen atoms in total. The summed E-state index contributed by atoms with van der Waals surface area (Å²) in [5.41, 5.74) is 9.05. The molecule has 0 aliphatic carbocycles. The monoisotopic (exact) mass is 294 g/mol. The number of carbonyl (C=O) groups excluding carboxylic acids is 1. The lowest BCUT2D eigenvalue weighted by molar-refractivity contribution is -0.143. The van der Waals surface area contributed by atoms with Gasteiger partial charge in [0.1, 0.15) is 6.04 Å². The number of rotatable bonds is 8. The van der Waals surface area contributed by atoms with Gasteiger partial charge in [0.15, 0.2) is 0 Å². The van der Waals surface area contributed by atoms with Crippen molar-refractivity contribution in [3.05, 3.63) is 40.3 Å². The first-order valence-electron chi connectivity index (χ1n) is 6.19. The average Bonchev–Trinajstić information content (AvgIpc) is 2.50. The van der Waals surface area contributed by atoms with E-state index >= 15 is 0 Å². The fourth-order valence-corrected chi connectivity index (χ4v) is 2.10. The molecule has 20 heavy (non-hydrogen) atoms. The third kappa shape index (κ3) is 5.13. The number of benzene rings is 1. The van der Waals surface area contributed by atoms with E-state index in [1.54, 1.807) is 11.8 Å². The molecule has 0 aromatic heterocycles. The quantitative estimate of drug-likeness (QED) is 0.199. The first-order valence-corrected chi connectivity index (χ1v) is 7.41. The number of methoxy groups -OCH3 is 1. The van der Waals surface area contributed by atoms with Crippen LogP contribution >= 0.6 is 11.8 Å². The second-order valence-electron chi connectivity index (χ2n) is 3.99. The summed E-state index contributed by atoms with van der Waals surface area (Å²) in [4.78, 5) is 15.6. The van der Waals surface area contributed by atoms with Gasteiger partial charge >= 0.3 is 5.97 Å². The molecule has 7 heteroatoms. The number of nitrogens with zero attached hydrogens (tertiary/aromatic N) is 3. The summed E-state index contributed by atoms with van der Waals surface area (Å²) in [6.07, 6.45) is 2.67. The molecule has 1 unspecified atom stereocenters. The lowest BCUT2D eigenvalue weighted by Gasteiger charge is -2.17. The Bertz CT molecular complexity index is 472. The van der Waals surface area contributed by atoms with E-state index in [1.807, 2.05) is 30.5 Å². The van der Waals surface area contributed by atoms with E-state index in [0.29, 0.717) is 19.5 Å². The molecule has 0 saturated heterocycles. The maximum atomic E-state index is 11.8. The van der Waals surface area contributed by atoms with E-state index in [-0.39, 0.29) is 5.97 Å². The fourth-order valence-electron chi connectivity index (χ4n) is 1.69. The van der Waals surface area contributed by atoms with Crippen molar-refractivity contribution in [2.24, 2.45) is 5.11 Å². The van der Waals surface area contributed by atoms with Gasteiger partial charge in [0.2, 0.25) is 0 Å². The number of azide groups is 1. The van der Waals surface area contributed by atoms with E-state index in [4.69, 9.17) is 10.3 Å². The summed E-state index contributed by atoms with van der Waals surface area (Å²) in [6.45, 7) is 0.978. The van der Waals surface area contributed by atoms with Crippen molar-refractivity contribution in [2.45, 2.75) is 17.4 Å². The van der Waals surface area contributed by atoms with Crippen molar-refractivity contribution in [1.82, 2.24) is 5.32 Å². The highest BCUT2D eigenvalue weighted by atomic mass is 32.2. The summed E-state index contributed by atoms with van der Waals surface area (Å²) in [5.74, 6) is -0.328. The summed E-state index contributed by atoms with van der Waals surface area (Å²) < 4.78 is 4.81. The molecule has 0 radical (unpaired) electrons. The standard InChI is InChI=1S/C13H18N4O2S/c1-19-13(18)12(15-8-3-9-16-17-14)10-4-6-11(20-2)7-5-10/h4-7,12,15H,3,8-9H2,1-2H3. The Balaban J connectivity index is 2.67. The summed E-state index contributed by atoms with van der Waals surface area (Å²) in [7, 11) is 1.37. The van der Waals surface area contributed by atoms with Gasteiger partial charge in [-0.15, -0.1) is 11.8 Å². The third-order valence-corrected chi connectivity index (χ3v) is 3.48. The van der Waals surface area contributed by atoms with E-state index in [0.717, 1.165) is 10.5 Å². The van der Waals surface area contributed by atoms with Gasteiger partial charge in [-0.3, -0.25) is 0 Å². The van der Waals surface area contributed by atoms with Crippen LogP contribution in [0.3, 0.4) is 0 Å². The molecule has 0 amide bonds. The second-order valence-corrected chi connectivity index (χ2v) is 4.87. The Morgan fingerprint density at radius 1 is 1.50 bits per heavy atom. The van der Waals surface area contributed by atoms with E-state index in [9.17, 15) is 4.79 Å². The first kappa shape index (κ1) is 16.4. The van der Waals surface area contributed by atoms with E-state index in [2.05, 4.69) is 15.3 Å². The molecule has 108 valence electrons. The molecular weight excluding hydrogens is 276 g/mol. The van der Waals surface area contributed by atoms with E-state index < -0.39 is 6.04 Å². The maximum Gasteiger partial charge on any atom is 0.327 e. The molecule has 1 N–H and O–H groups in total. The zero-order chi connectivity index (χ0) is 14.8. The smallest absolute Gasteiger partial charge is 0.327 e. The van der Waals surface area contributed by atoms with Crippen molar-refractivity contribution in [3.63, 3.8) is 0 Å². The van der Waals surface area contributed by atoms with Gasteiger partial charge in [0, 0.05) is 16.4 Å². The Labute approximate surface area is 122 Å². The van der Waals surface area contributed by atoms with Gasteiger partial charge in [-0.2, -0.15) is 0 Å². The Morgan fingerprint density at radius 2 is 2.20 bits per heavy atom. The number of ether oxygens (including phenoxy) is 1. The zero-order valence-corrected chi connectivity index (χ0v) is 12.4. The Morgan fingerprint density at radius 3 is 2.75 bits per heavy atom. The van der Waals surface area contributed by atoms with Crippen molar-refractivity contribution in [2.75, 3.05) is 26.5 Å². The molecule has 0 fully saturated rings. The average molecular weight is 294 g/mol. The number of esters is 1. The van der Waals surface area contributed by atoms with Crippen LogP contribution in [0, 0.1) is 0 Å². The molecule has 0 aliphatic rings. The maximum absolute atomic E-state index is 11.8. The Hall–Kier alpha value is -1.69. The van der Waals surface area contributed by atoms with Crippen LogP contribution in [0.2, 0.25) is 0 Å². The number of nitrogens with one attached hydrogen (secondary N) is 1. The molecule has 1 aromatic rings. The Kier molecular flexibility index (Phi) is 7.57. The normalized spacial score (nSPS) is 11.5. The van der Waals surface area contributed by atoms with Crippen molar-refractivity contribution in [1.29, 1.82) is 0 Å². The third-order valence-electron chi connectivity index (χ3n) is 2.73. The minimum atomic E-state index is -0.498. The number of hydrogen-bond donors (Lipinski definition) is 1. The molecule has 0 saturated carbocycles. The highest BCUT2D eigenvalue weighted by Gasteiger charge is 2.20. The van der Waals surface area contributed by atoms with Gasteiger partial charge in [-0.05, 0) is 42.4 Å². The predicted octanol–water partition coefficient (Wildman–Crippen LogP) is 2.91. The molecule has 0 spiro atoms. The van der Waals surface area contributed by atoms with Crippen LogP contribution in [-0.2, 0) is 9.53 Å². The molecule has 0 heterocycles. The van der Waals surface area contributed by atoms with Crippen LogP contribution in [-0.4, -0.2) is 32.4 Å². The molecule has 1 rings (SSSR count). The predicted molar refractivity (Wildman–Crippen MR) is 79.6 cm³/mol. The van der Waals surface area contributed by atoms with Crippen LogP contribution in [0.15, 0.2) is 34.3 Å². The van der Waals surface area contributed by atoms with E-state index in [1.165, 1.54) is 7.11 Å². The molecule has 0 bridgehead atoms. The lowest BCUT2D eigenvalue weighted by Crippen LogP contribution is -2.30. The van der Waals surface area contributed by atoms with Gasteiger partial charge in [-0.1, -0.05) is 17.2 Å². The zero-order valence-electron chi connectivity index (χ0n) is 11.6. The van der Waals surface area contributed by atoms with Crippen LogP contribution in [0.1, 0.15) is 18.0 Å². The van der Waals surface area contributed by atoms with Crippen LogP contribution in [0.25, 0.3) is 10.4 Å². The van der Waals surface area contributed by atoms with Gasteiger partial charge in [0.05, 0.1) is 7.11 Å². The molecular formula is C13H18N4O2S. The minimum Gasteiger partial charge on any atom is -0.468 e. The minimum absolute atomic E-state index is 0.328.